The number of amides is 1. The highest BCUT2D eigenvalue weighted by molar-refractivity contribution is 5.78. The summed E-state index contributed by atoms with van der Waals surface area (Å²) >= 11 is 0. The monoisotopic (exact) mass is 346 g/mol. The zero-order chi connectivity index (χ0) is 17.6. The van der Waals surface area contributed by atoms with Crippen LogP contribution in [0.5, 0.6) is 0 Å². The Morgan fingerprint density at radius 3 is 2.80 bits per heavy atom. The molecule has 0 aliphatic carbocycles. The highest BCUT2D eigenvalue weighted by Gasteiger charge is 2.58. The lowest BCUT2D eigenvalue weighted by atomic mass is 9.79. The summed E-state index contributed by atoms with van der Waals surface area (Å²) in [5, 5.41) is 0. The molecule has 4 nitrogen and oxygen atoms in total. The first-order chi connectivity index (χ1) is 12.0. The molecule has 25 heavy (non-hydrogen) atoms. The fourth-order valence-corrected chi connectivity index (χ4v) is 4.84. The van der Waals surface area contributed by atoms with Crippen molar-refractivity contribution in [1.82, 2.24) is 9.80 Å². The van der Waals surface area contributed by atoms with Crippen molar-refractivity contribution in [2.24, 2.45) is 11.8 Å². The third-order valence-electron chi connectivity index (χ3n) is 6.21. The van der Waals surface area contributed by atoms with Crippen molar-refractivity contribution < 1.29 is 13.9 Å². The summed E-state index contributed by atoms with van der Waals surface area (Å²) in [7, 11) is 0. The lowest BCUT2D eigenvalue weighted by Gasteiger charge is -2.53. The van der Waals surface area contributed by atoms with Crippen LogP contribution in [0.1, 0.15) is 38.7 Å². The van der Waals surface area contributed by atoms with E-state index in [1.807, 2.05) is 12.1 Å². The standard InChI is InChI=1S/C20H27FN2O2/c1-14(2)18-13-25-20-9-10-22(11-15-3-6-17(21)7-4-15)12-16(20)5-8-19(24)23(18)20/h3-4,6-7,14,16,18H,5,8-13H2,1-2H3/t16-,18-,20-/m1/s1. The fraction of sp³-hybridized carbons (Fsp3) is 0.650. The molecule has 1 aromatic carbocycles. The number of rotatable bonds is 3. The molecule has 1 spiro atoms. The Bertz CT molecular complexity index is 648. The summed E-state index contributed by atoms with van der Waals surface area (Å²) in [4.78, 5) is 17.2. The van der Waals surface area contributed by atoms with E-state index in [9.17, 15) is 9.18 Å². The second-order valence-electron chi connectivity index (χ2n) is 8.08. The van der Waals surface area contributed by atoms with Gasteiger partial charge in [0.15, 0.2) is 0 Å². The Morgan fingerprint density at radius 1 is 1.32 bits per heavy atom. The largest absolute Gasteiger partial charge is 0.353 e. The topological polar surface area (TPSA) is 32.8 Å². The van der Waals surface area contributed by atoms with Gasteiger partial charge in [0.1, 0.15) is 11.5 Å². The average molecular weight is 346 g/mol. The predicted octanol–water partition coefficient (Wildman–Crippen LogP) is 3.02. The Hall–Kier alpha value is -1.46. The van der Waals surface area contributed by atoms with Gasteiger partial charge < -0.3 is 9.64 Å². The number of halogens is 1. The number of ether oxygens (including phenoxy) is 1. The van der Waals surface area contributed by atoms with Crippen LogP contribution in [-0.2, 0) is 16.1 Å². The molecular formula is C20H27FN2O2. The van der Waals surface area contributed by atoms with Crippen molar-refractivity contribution in [2.45, 2.75) is 51.4 Å². The van der Waals surface area contributed by atoms with Gasteiger partial charge in [0.25, 0.3) is 0 Å². The summed E-state index contributed by atoms with van der Waals surface area (Å²) in [5.74, 6) is 0.851. The molecule has 1 aromatic rings. The van der Waals surface area contributed by atoms with Gasteiger partial charge in [-0.2, -0.15) is 0 Å². The number of benzene rings is 1. The van der Waals surface area contributed by atoms with E-state index >= 15 is 0 Å². The molecule has 3 saturated heterocycles. The maximum atomic E-state index is 13.1. The van der Waals surface area contributed by atoms with Crippen molar-refractivity contribution in [1.29, 1.82) is 0 Å². The minimum absolute atomic E-state index is 0.193. The average Bonchev–Trinajstić information content (AvgIpc) is 2.99. The normalized spacial score (nSPS) is 32.8. The SMILES string of the molecule is CC(C)[C@H]1CO[C@]23CCN(Cc4ccc(F)cc4)C[C@H]2CCC(=O)N13. The van der Waals surface area contributed by atoms with E-state index in [1.54, 1.807) is 0 Å². The molecule has 1 amide bonds. The maximum absolute atomic E-state index is 13.1. The summed E-state index contributed by atoms with van der Waals surface area (Å²) in [5.41, 5.74) is 0.748. The summed E-state index contributed by atoms with van der Waals surface area (Å²) in [6.45, 7) is 7.68. The highest BCUT2D eigenvalue weighted by atomic mass is 19.1. The molecule has 0 N–H and O–H groups in total. The lowest BCUT2D eigenvalue weighted by Crippen LogP contribution is -2.65. The molecular weight excluding hydrogens is 319 g/mol. The van der Waals surface area contributed by atoms with Crippen LogP contribution in [0.4, 0.5) is 4.39 Å². The second kappa shape index (κ2) is 6.36. The molecule has 3 fully saturated rings. The van der Waals surface area contributed by atoms with Gasteiger partial charge in [-0.1, -0.05) is 26.0 Å². The van der Waals surface area contributed by atoms with E-state index in [1.165, 1.54) is 12.1 Å². The van der Waals surface area contributed by atoms with Crippen molar-refractivity contribution in [2.75, 3.05) is 19.7 Å². The van der Waals surface area contributed by atoms with Crippen LogP contribution >= 0.6 is 0 Å². The number of carbonyl (C=O) groups is 1. The van der Waals surface area contributed by atoms with Crippen LogP contribution < -0.4 is 0 Å². The van der Waals surface area contributed by atoms with Crippen LogP contribution in [0.25, 0.3) is 0 Å². The number of hydrogen-bond acceptors (Lipinski definition) is 3. The smallest absolute Gasteiger partial charge is 0.225 e. The minimum atomic E-state index is -0.385. The van der Waals surface area contributed by atoms with Crippen LogP contribution in [0, 0.1) is 17.7 Å². The van der Waals surface area contributed by atoms with Crippen molar-refractivity contribution >= 4 is 5.91 Å². The van der Waals surface area contributed by atoms with Crippen molar-refractivity contribution in [3.63, 3.8) is 0 Å². The Morgan fingerprint density at radius 2 is 2.08 bits per heavy atom. The van der Waals surface area contributed by atoms with Gasteiger partial charge in [-0.15, -0.1) is 0 Å². The van der Waals surface area contributed by atoms with Gasteiger partial charge in [-0.05, 0) is 30.0 Å². The Balaban J connectivity index is 1.50. The molecule has 3 atom stereocenters. The van der Waals surface area contributed by atoms with E-state index in [2.05, 4.69) is 23.6 Å². The van der Waals surface area contributed by atoms with E-state index in [4.69, 9.17) is 4.74 Å². The summed E-state index contributed by atoms with van der Waals surface area (Å²) < 4.78 is 19.4. The number of hydrogen-bond donors (Lipinski definition) is 0. The van der Waals surface area contributed by atoms with Gasteiger partial charge in [-0.25, -0.2) is 4.39 Å². The third kappa shape index (κ3) is 2.87. The zero-order valence-electron chi connectivity index (χ0n) is 15.1. The van der Waals surface area contributed by atoms with Gasteiger partial charge in [0.05, 0.1) is 12.6 Å². The number of piperidine rings is 2. The number of likely N-dealkylation sites (tertiary alicyclic amines) is 1. The molecule has 0 unspecified atom stereocenters. The highest BCUT2D eigenvalue weighted by Crippen LogP contribution is 2.47. The van der Waals surface area contributed by atoms with E-state index in [-0.39, 0.29) is 23.5 Å². The zero-order valence-corrected chi connectivity index (χ0v) is 15.1. The second-order valence-corrected chi connectivity index (χ2v) is 8.08. The molecule has 4 rings (SSSR count). The first kappa shape index (κ1) is 17.0. The molecule has 3 aliphatic heterocycles. The molecule has 3 heterocycles. The minimum Gasteiger partial charge on any atom is -0.353 e. The van der Waals surface area contributed by atoms with Crippen molar-refractivity contribution in [3.05, 3.63) is 35.6 Å². The van der Waals surface area contributed by atoms with E-state index < -0.39 is 0 Å². The predicted molar refractivity (Wildman–Crippen MR) is 93.2 cm³/mol. The first-order valence-corrected chi connectivity index (χ1v) is 9.42. The third-order valence-corrected chi connectivity index (χ3v) is 6.21. The van der Waals surface area contributed by atoms with Crippen LogP contribution in [-0.4, -0.2) is 47.2 Å². The van der Waals surface area contributed by atoms with Gasteiger partial charge in [0.2, 0.25) is 5.91 Å². The molecule has 0 bridgehead atoms. The molecule has 3 aliphatic rings. The first-order valence-electron chi connectivity index (χ1n) is 9.42. The van der Waals surface area contributed by atoms with Crippen molar-refractivity contribution in [3.8, 4) is 0 Å². The number of carbonyl (C=O) groups excluding carboxylic acids is 1. The lowest BCUT2D eigenvalue weighted by molar-refractivity contribution is -0.193. The quantitative estimate of drug-likeness (QED) is 0.843. The summed E-state index contributed by atoms with van der Waals surface area (Å²) in [6, 6.07) is 6.97. The number of nitrogens with zero attached hydrogens (tertiary/aromatic N) is 2. The van der Waals surface area contributed by atoms with E-state index in [0.717, 1.165) is 38.0 Å². The van der Waals surface area contributed by atoms with Crippen LogP contribution in [0.2, 0.25) is 0 Å². The summed E-state index contributed by atoms with van der Waals surface area (Å²) in [6.07, 6.45) is 2.40. The van der Waals surface area contributed by atoms with Gasteiger partial charge in [-0.3, -0.25) is 9.69 Å². The molecule has 0 aromatic heterocycles. The van der Waals surface area contributed by atoms with Crippen LogP contribution in [0.3, 0.4) is 0 Å². The maximum Gasteiger partial charge on any atom is 0.225 e. The molecule has 136 valence electrons. The molecule has 5 heteroatoms. The van der Waals surface area contributed by atoms with Gasteiger partial charge >= 0.3 is 0 Å². The Kier molecular flexibility index (Phi) is 4.32. The fourth-order valence-electron chi connectivity index (χ4n) is 4.84. The van der Waals surface area contributed by atoms with Gasteiger partial charge in [0, 0.05) is 38.4 Å². The van der Waals surface area contributed by atoms with Crippen LogP contribution in [0.15, 0.2) is 24.3 Å². The van der Waals surface area contributed by atoms with E-state index in [0.29, 0.717) is 24.9 Å². The molecule has 0 radical (unpaired) electrons. The Labute approximate surface area is 148 Å². The molecule has 0 saturated carbocycles.